The van der Waals surface area contributed by atoms with Crippen LogP contribution in [-0.4, -0.2) is 19.5 Å². The molecule has 0 bridgehead atoms. The summed E-state index contributed by atoms with van der Waals surface area (Å²) in [4.78, 5) is 15.5. The Hall–Kier alpha value is -9.39. The van der Waals surface area contributed by atoms with E-state index >= 15 is 0 Å². The molecule has 0 atom stereocenters. The summed E-state index contributed by atoms with van der Waals surface area (Å²) in [5, 5.41) is 6.44. The first-order chi connectivity index (χ1) is 34.2. The third-order valence-electron chi connectivity index (χ3n) is 13.5. The van der Waals surface area contributed by atoms with Gasteiger partial charge in [-0.05, 0) is 106 Å². The Morgan fingerprint density at radius 1 is 0.275 bits per heavy atom. The van der Waals surface area contributed by atoms with Crippen molar-refractivity contribution in [2.75, 3.05) is 0 Å². The topological polar surface area (TPSA) is 69.9 Å². The molecule has 0 amide bonds. The van der Waals surface area contributed by atoms with E-state index in [1.807, 2.05) is 54.6 Å². The highest BCUT2D eigenvalue weighted by molar-refractivity contribution is 6.14. The lowest BCUT2D eigenvalue weighted by Gasteiger charge is -2.10. The zero-order chi connectivity index (χ0) is 45.4. The normalized spacial score (nSPS) is 11.8. The van der Waals surface area contributed by atoms with Gasteiger partial charge in [-0.2, -0.15) is 0 Å². The van der Waals surface area contributed by atoms with Crippen LogP contribution in [0.2, 0.25) is 0 Å². The Bertz CT molecular complexity index is 4290. The molecule has 0 saturated carbocycles. The van der Waals surface area contributed by atoms with Gasteiger partial charge < -0.3 is 13.4 Å². The van der Waals surface area contributed by atoms with E-state index in [-0.39, 0.29) is 0 Å². The van der Waals surface area contributed by atoms with Crippen molar-refractivity contribution in [1.29, 1.82) is 0 Å². The fourth-order valence-electron chi connectivity index (χ4n) is 10.1. The zero-order valence-electron chi connectivity index (χ0n) is 37.0. The van der Waals surface area contributed by atoms with Gasteiger partial charge in [-0.15, -0.1) is 0 Å². The monoisotopic (exact) mass is 882 g/mol. The largest absolute Gasteiger partial charge is 0.456 e. The van der Waals surface area contributed by atoms with Crippen molar-refractivity contribution in [2.24, 2.45) is 0 Å². The van der Waals surface area contributed by atoms with Gasteiger partial charge in [0.15, 0.2) is 17.5 Å². The van der Waals surface area contributed by atoms with Gasteiger partial charge in [0.05, 0.1) is 11.0 Å². The van der Waals surface area contributed by atoms with Crippen LogP contribution >= 0.6 is 0 Å². The second kappa shape index (κ2) is 15.6. The average Bonchev–Trinajstić information content (AvgIpc) is 4.10. The van der Waals surface area contributed by atoms with E-state index in [0.29, 0.717) is 17.5 Å². The number of aromatic nitrogens is 4. The van der Waals surface area contributed by atoms with Crippen LogP contribution in [0.5, 0.6) is 0 Å². The van der Waals surface area contributed by atoms with Crippen molar-refractivity contribution < 1.29 is 8.83 Å². The number of fused-ring (bicyclic) bond motifs is 9. The van der Waals surface area contributed by atoms with E-state index in [1.165, 1.54) is 21.9 Å². The van der Waals surface area contributed by atoms with Crippen molar-refractivity contribution in [2.45, 2.75) is 0 Å². The summed E-state index contributed by atoms with van der Waals surface area (Å²) < 4.78 is 15.5. The highest BCUT2D eigenvalue weighted by Gasteiger charge is 2.21. The quantitative estimate of drug-likeness (QED) is 0.159. The first kappa shape index (κ1) is 38.8. The Kier molecular flexibility index (Phi) is 8.79. The number of furan rings is 2. The van der Waals surface area contributed by atoms with Crippen LogP contribution in [0.25, 0.3) is 139 Å². The number of hydrogen-bond donors (Lipinski definition) is 0. The number of para-hydroxylation sites is 1. The predicted octanol–water partition coefficient (Wildman–Crippen LogP) is 16.8. The van der Waals surface area contributed by atoms with Gasteiger partial charge in [-0.1, -0.05) is 158 Å². The van der Waals surface area contributed by atoms with Crippen molar-refractivity contribution in [3.05, 3.63) is 231 Å². The third-order valence-corrected chi connectivity index (χ3v) is 13.5. The van der Waals surface area contributed by atoms with Crippen molar-refractivity contribution in [3.8, 4) is 73.2 Å². The smallest absolute Gasteiger partial charge is 0.164 e. The molecule has 6 nitrogen and oxygen atoms in total. The predicted molar refractivity (Wildman–Crippen MR) is 281 cm³/mol. The summed E-state index contributed by atoms with van der Waals surface area (Å²) in [5.41, 5.74) is 16.0. The van der Waals surface area contributed by atoms with Crippen LogP contribution in [0.4, 0.5) is 0 Å². The van der Waals surface area contributed by atoms with E-state index in [0.717, 1.165) is 99.5 Å². The molecular formula is C63H38N4O2. The van der Waals surface area contributed by atoms with Crippen LogP contribution in [0, 0.1) is 0 Å². The molecule has 0 aliphatic carbocycles. The van der Waals surface area contributed by atoms with Gasteiger partial charge in [0.25, 0.3) is 0 Å². The fourth-order valence-corrected chi connectivity index (χ4v) is 10.1. The molecule has 0 fully saturated rings. The molecule has 14 rings (SSSR count). The average molecular weight is 883 g/mol. The molecule has 0 aliphatic heterocycles. The molecule has 6 heteroatoms. The SMILES string of the molecule is c1ccc(-c2ccc3c(c2)oc2cc(-c4nc(-c5ccccc5)nc(-c5cccc6oc7ccc(-c8ccc9c%10cc(-c%11ccccc%11)ccc%10n(-c%10ccccc%10)c9c8)cc7c56)n4)ccc23)cc1. The molecule has 0 aliphatic rings. The van der Waals surface area contributed by atoms with Gasteiger partial charge in [0.1, 0.15) is 22.3 Å². The van der Waals surface area contributed by atoms with Crippen LogP contribution in [0.15, 0.2) is 239 Å². The van der Waals surface area contributed by atoms with Crippen LogP contribution in [0.1, 0.15) is 0 Å². The van der Waals surface area contributed by atoms with Gasteiger partial charge in [-0.25, -0.2) is 15.0 Å². The number of nitrogens with zero attached hydrogens (tertiary/aromatic N) is 4. The Balaban J connectivity index is 0.911. The Morgan fingerprint density at radius 2 is 0.783 bits per heavy atom. The molecule has 0 spiro atoms. The number of rotatable bonds is 7. The first-order valence-electron chi connectivity index (χ1n) is 23.2. The molecular weight excluding hydrogens is 845 g/mol. The minimum atomic E-state index is 0.551. The molecule has 0 unspecified atom stereocenters. The Morgan fingerprint density at radius 3 is 1.49 bits per heavy atom. The highest BCUT2D eigenvalue weighted by atomic mass is 16.3. The van der Waals surface area contributed by atoms with Crippen molar-refractivity contribution in [3.63, 3.8) is 0 Å². The lowest BCUT2D eigenvalue weighted by atomic mass is 9.99. The minimum Gasteiger partial charge on any atom is -0.456 e. The maximum atomic E-state index is 6.60. The molecule has 4 aromatic heterocycles. The summed E-state index contributed by atoms with van der Waals surface area (Å²) in [7, 11) is 0. The van der Waals surface area contributed by atoms with Crippen LogP contribution < -0.4 is 0 Å². The second-order valence-electron chi connectivity index (χ2n) is 17.6. The molecule has 14 aromatic rings. The van der Waals surface area contributed by atoms with Crippen molar-refractivity contribution in [1.82, 2.24) is 19.5 Å². The van der Waals surface area contributed by atoms with Gasteiger partial charge in [0.2, 0.25) is 0 Å². The highest BCUT2D eigenvalue weighted by Crippen LogP contribution is 2.42. The molecule has 0 N–H and O–H groups in total. The minimum absolute atomic E-state index is 0.551. The third kappa shape index (κ3) is 6.53. The summed E-state index contributed by atoms with van der Waals surface area (Å²) in [6.45, 7) is 0. The zero-order valence-corrected chi connectivity index (χ0v) is 37.0. The summed E-state index contributed by atoms with van der Waals surface area (Å²) in [6, 6.07) is 80.5. The van der Waals surface area contributed by atoms with Gasteiger partial charge in [-0.3, -0.25) is 0 Å². The van der Waals surface area contributed by atoms with E-state index in [2.05, 4.69) is 180 Å². The van der Waals surface area contributed by atoms with E-state index in [4.69, 9.17) is 23.8 Å². The van der Waals surface area contributed by atoms with E-state index in [9.17, 15) is 0 Å². The van der Waals surface area contributed by atoms with Gasteiger partial charge in [0, 0.05) is 54.7 Å². The Labute approximate surface area is 396 Å². The van der Waals surface area contributed by atoms with Crippen LogP contribution in [-0.2, 0) is 0 Å². The molecule has 322 valence electrons. The van der Waals surface area contributed by atoms with Gasteiger partial charge >= 0.3 is 0 Å². The van der Waals surface area contributed by atoms with E-state index in [1.54, 1.807) is 0 Å². The number of benzene rings is 10. The maximum Gasteiger partial charge on any atom is 0.164 e. The standard InChI is InChI=1S/C63H38N4O2/c1-5-14-39(15-6-1)42-27-32-54-52(34-42)48-29-24-44(36-55(48)67(54)47-20-11-4-12-21-47)43-28-33-56-53(35-43)60-51(22-13-23-57(60)68-56)63-65-61(41-18-9-3-10-19-41)64-62(66-63)46-26-31-50-49-30-25-45(40-16-7-2-8-17-40)37-58(49)69-59(50)38-46/h1-38H. The molecule has 69 heavy (non-hydrogen) atoms. The molecule has 10 aromatic carbocycles. The maximum absolute atomic E-state index is 6.60. The molecule has 4 heterocycles. The lowest BCUT2D eigenvalue weighted by molar-refractivity contribution is 0.668. The summed E-state index contributed by atoms with van der Waals surface area (Å²) in [5.74, 6) is 1.68. The summed E-state index contributed by atoms with van der Waals surface area (Å²) in [6.07, 6.45) is 0. The van der Waals surface area contributed by atoms with E-state index < -0.39 is 0 Å². The number of hydrogen-bond acceptors (Lipinski definition) is 5. The summed E-state index contributed by atoms with van der Waals surface area (Å²) >= 11 is 0. The van der Waals surface area contributed by atoms with Crippen molar-refractivity contribution >= 4 is 65.7 Å². The van der Waals surface area contributed by atoms with Crippen LogP contribution in [0.3, 0.4) is 0 Å². The first-order valence-corrected chi connectivity index (χ1v) is 23.2. The fraction of sp³-hybridized carbons (Fsp3) is 0. The molecule has 0 saturated heterocycles. The molecule has 0 radical (unpaired) electrons. The lowest BCUT2D eigenvalue weighted by Crippen LogP contribution is -2.00. The second-order valence-corrected chi connectivity index (χ2v) is 17.6.